The van der Waals surface area contributed by atoms with Gasteiger partial charge in [0.15, 0.2) is 17.2 Å². The van der Waals surface area contributed by atoms with Gasteiger partial charge in [-0.1, -0.05) is 31.8 Å². The number of oxazole rings is 1. The van der Waals surface area contributed by atoms with Gasteiger partial charge in [0.05, 0.1) is 13.2 Å². The third kappa shape index (κ3) is 7.00. The van der Waals surface area contributed by atoms with E-state index >= 15 is 0 Å². The van der Waals surface area contributed by atoms with Gasteiger partial charge in [-0.05, 0) is 25.8 Å². The number of aromatic nitrogens is 1. The summed E-state index contributed by atoms with van der Waals surface area (Å²) in [6.45, 7) is 6.70. The van der Waals surface area contributed by atoms with Crippen LogP contribution in [0.4, 0.5) is 0 Å². The van der Waals surface area contributed by atoms with E-state index in [-0.39, 0.29) is 17.3 Å². The third-order valence-corrected chi connectivity index (χ3v) is 3.34. The maximum absolute atomic E-state index is 10.9. The van der Waals surface area contributed by atoms with E-state index in [1.807, 2.05) is 13.8 Å². The molecule has 8 nitrogen and oxygen atoms in total. The largest absolute Gasteiger partial charge is 0.490 e. The first-order chi connectivity index (χ1) is 12.5. The van der Waals surface area contributed by atoms with E-state index in [1.54, 1.807) is 13.0 Å². The van der Waals surface area contributed by atoms with Crippen LogP contribution >= 0.6 is 0 Å². The number of carbonyl (C=O) groups is 1. The SMILES string of the molecule is CCCCOC(/C=N/O)=C(/C=C(\C)c1nc(C(=O)O)co1)OCCCC. The number of oxime groups is 1. The molecule has 26 heavy (non-hydrogen) atoms. The van der Waals surface area contributed by atoms with Crippen molar-refractivity contribution in [3.05, 3.63) is 35.4 Å². The maximum atomic E-state index is 10.9. The van der Waals surface area contributed by atoms with Crippen LogP contribution in [0.15, 0.2) is 33.4 Å². The lowest BCUT2D eigenvalue weighted by molar-refractivity contribution is 0.0690. The Hall–Kier alpha value is -2.77. The van der Waals surface area contributed by atoms with Crippen LogP contribution in [0.25, 0.3) is 5.57 Å². The van der Waals surface area contributed by atoms with E-state index in [2.05, 4.69) is 10.1 Å². The number of aromatic carboxylic acids is 1. The molecule has 0 aliphatic carbocycles. The summed E-state index contributed by atoms with van der Waals surface area (Å²) in [4.78, 5) is 14.8. The minimum Gasteiger partial charge on any atom is -0.490 e. The Kier molecular flexibility index (Phi) is 9.59. The Labute approximate surface area is 152 Å². The summed E-state index contributed by atoms with van der Waals surface area (Å²) in [6.07, 6.45) is 7.46. The Morgan fingerprint density at radius 1 is 1.23 bits per heavy atom. The van der Waals surface area contributed by atoms with Crippen LogP contribution in [0, 0.1) is 0 Å². The summed E-state index contributed by atoms with van der Waals surface area (Å²) in [6, 6.07) is 0. The van der Waals surface area contributed by atoms with Crippen molar-refractivity contribution in [2.45, 2.75) is 46.5 Å². The lowest BCUT2D eigenvalue weighted by Crippen LogP contribution is -2.04. The monoisotopic (exact) mass is 366 g/mol. The summed E-state index contributed by atoms with van der Waals surface area (Å²) in [5.74, 6) is -0.368. The van der Waals surface area contributed by atoms with E-state index in [0.29, 0.717) is 24.5 Å². The van der Waals surface area contributed by atoms with E-state index in [4.69, 9.17) is 24.2 Å². The number of hydrogen-bond acceptors (Lipinski definition) is 7. The molecule has 0 aromatic carbocycles. The molecule has 0 amide bonds. The van der Waals surface area contributed by atoms with Crippen molar-refractivity contribution in [1.82, 2.24) is 4.98 Å². The number of unbranched alkanes of at least 4 members (excludes halogenated alkanes) is 2. The molecule has 0 fully saturated rings. The number of nitrogens with zero attached hydrogens (tertiary/aromatic N) is 2. The third-order valence-electron chi connectivity index (χ3n) is 3.34. The quantitative estimate of drug-likeness (QED) is 0.143. The number of carboxylic acids is 1. The smallest absolute Gasteiger partial charge is 0.357 e. The highest BCUT2D eigenvalue weighted by atomic mass is 16.5. The Balaban J connectivity index is 3.14. The minimum atomic E-state index is -1.17. The number of hydrogen-bond donors (Lipinski definition) is 2. The highest BCUT2D eigenvalue weighted by Crippen LogP contribution is 2.19. The molecular formula is C18H26N2O6. The number of ether oxygens (including phenoxy) is 2. The van der Waals surface area contributed by atoms with Crippen LogP contribution in [0.2, 0.25) is 0 Å². The van der Waals surface area contributed by atoms with E-state index < -0.39 is 5.97 Å². The predicted molar refractivity (Wildman–Crippen MR) is 96.1 cm³/mol. The number of carboxylic acid groups (broad SMARTS) is 1. The summed E-state index contributed by atoms with van der Waals surface area (Å²) in [7, 11) is 0. The summed E-state index contributed by atoms with van der Waals surface area (Å²) >= 11 is 0. The number of rotatable bonds is 12. The standard InChI is InChI=1S/C18H26N2O6/c1-4-6-8-24-15(16(11-19-23)25-9-7-5-2)10-13(3)17-20-14(12-26-17)18(21)22/h10-12,23H,4-9H2,1-3H3,(H,21,22)/b13-10+,16-15-,19-11+. The van der Waals surface area contributed by atoms with Gasteiger partial charge in [0.2, 0.25) is 5.89 Å². The average Bonchev–Trinajstić information content (AvgIpc) is 3.11. The van der Waals surface area contributed by atoms with Gasteiger partial charge < -0.3 is 24.2 Å². The first-order valence-electron chi connectivity index (χ1n) is 8.58. The molecule has 0 aliphatic rings. The lowest BCUT2D eigenvalue weighted by Gasteiger charge is -2.12. The molecule has 1 heterocycles. The summed E-state index contributed by atoms with van der Waals surface area (Å²) in [5.41, 5.74) is 0.369. The van der Waals surface area contributed by atoms with Gasteiger partial charge in [-0.3, -0.25) is 0 Å². The molecule has 0 spiro atoms. The van der Waals surface area contributed by atoms with E-state index in [1.165, 1.54) is 6.21 Å². The second-order valence-electron chi connectivity index (χ2n) is 5.55. The molecule has 2 N–H and O–H groups in total. The molecule has 0 saturated heterocycles. The van der Waals surface area contributed by atoms with Crippen molar-refractivity contribution in [1.29, 1.82) is 0 Å². The highest BCUT2D eigenvalue weighted by Gasteiger charge is 2.14. The summed E-state index contributed by atoms with van der Waals surface area (Å²) in [5, 5.41) is 20.9. The fourth-order valence-corrected chi connectivity index (χ4v) is 1.87. The zero-order valence-corrected chi connectivity index (χ0v) is 15.4. The molecule has 144 valence electrons. The van der Waals surface area contributed by atoms with Crippen LogP contribution < -0.4 is 0 Å². The molecule has 0 radical (unpaired) electrons. The topological polar surface area (TPSA) is 114 Å². The zero-order valence-electron chi connectivity index (χ0n) is 15.4. The van der Waals surface area contributed by atoms with Gasteiger partial charge in [0.25, 0.3) is 0 Å². The predicted octanol–water partition coefficient (Wildman–Crippen LogP) is 4.08. The fraction of sp³-hybridized carbons (Fsp3) is 0.500. The van der Waals surface area contributed by atoms with Gasteiger partial charge in [-0.2, -0.15) is 0 Å². The molecule has 0 aliphatic heterocycles. The Morgan fingerprint density at radius 2 is 1.85 bits per heavy atom. The molecule has 0 atom stereocenters. The molecule has 0 saturated carbocycles. The zero-order chi connectivity index (χ0) is 19.4. The molecule has 8 heteroatoms. The van der Waals surface area contributed by atoms with Gasteiger partial charge in [0, 0.05) is 5.57 Å². The van der Waals surface area contributed by atoms with Crippen molar-refractivity contribution in [3.8, 4) is 0 Å². The van der Waals surface area contributed by atoms with Gasteiger partial charge >= 0.3 is 5.97 Å². The van der Waals surface area contributed by atoms with Gasteiger partial charge in [-0.25, -0.2) is 9.78 Å². The van der Waals surface area contributed by atoms with Crippen molar-refractivity contribution in [3.63, 3.8) is 0 Å². The number of allylic oxidation sites excluding steroid dienone is 3. The second kappa shape index (κ2) is 11.7. The summed E-state index contributed by atoms with van der Waals surface area (Å²) < 4.78 is 16.6. The van der Waals surface area contributed by atoms with Crippen molar-refractivity contribution >= 4 is 17.8 Å². The van der Waals surface area contributed by atoms with Gasteiger partial charge in [0.1, 0.15) is 12.5 Å². The highest BCUT2D eigenvalue weighted by molar-refractivity contribution is 5.85. The average molecular weight is 366 g/mol. The first kappa shape index (κ1) is 21.3. The normalized spacial score (nSPS) is 13.0. The minimum absolute atomic E-state index is 0.160. The van der Waals surface area contributed by atoms with Crippen molar-refractivity contribution in [2.24, 2.45) is 5.16 Å². The molecule has 0 unspecified atom stereocenters. The molecule has 1 aromatic heterocycles. The molecule has 1 rings (SSSR count). The van der Waals surface area contributed by atoms with Crippen molar-refractivity contribution in [2.75, 3.05) is 13.2 Å². The van der Waals surface area contributed by atoms with Gasteiger partial charge in [-0.15, -0.1) is 0 Å². The fourth-order valence-electron chi connectivity index (χ4n) is 1.87. The van der Waals surface area contributed by atoms with Crippen LogP contribution in [-0.2, 0) is 9.47 Å². The van der Waals surface area contributed by atoms with Crippen LogP contribution in [0.3, 0.4) is 0 Å². The molecular weight excluding hydrogens is 340 g/mol. The van der Waals surface area contributed by atoms with Crippen LogP contribution in [0.1, 0.15) is 62.8 Å². The van der Waals surface area contributed by atoms with Crippen molar-refractivity contribution < 1.29 is 29.0 Å². The first-order valence-corrected chi connectivity index (χ1v) is 8.58. The lowest BCUT2D eigenvalue weighted by atomic mass is 10.2. The molecule has 1 aromatic rings. The maximum Gasteiger partial charge on any atom is 0.357 e. The van der Waals surface area contributed by atoms with Crippen LogP contribution in [-0.4, -0.2) is 40.7 Å². The Bertz CT molecular complexity index is 660. The second-order valence-corrected chi connectivity index (χ2v) is 5.55. The van der Waals surface area contributed by atoms with E-state index in [0.717, 1.165) is 31.9 Å². The van der Waals surface area contributed by atoms with Crippen LogP contribution in [0.5, 0.6) is 0 Å². The Morgan fingerprint density at radius 3 is 2.35 bits per heavy atom. The van der Waals surface area contributed by atoms with E-state index in [9.17, 15) is 4.79 Å². The molecule has 0 bridgehead atoms.